The number of benzene rings is 1. The van der Waals surface area contributed by atoms with Crippen molar-refractivity contribution in [2.75, 3.05) is 10.6 Å². The van der Waals surface area contributed by atoms with Crippen molar-refractivity contribution < 1.29 is 8.78 Å². The van der Waals surface area contributed by atoms with E-state index in [-0.39, 0.29) is 5.92 Å². The van der Waals surface area contributed by atoms with Crippen LogP contribution in [-0.4, -0.2) is 17.1 Å². The summed E-state index contributed by atoms with van der Waals surface area (Å²) in [6, 6.07) is 9.30. The summed E-state index contributed by atoms with van der Waals surface area (Å²) in [5.41, 5.74) is 1.91. The van der Waals surface area contributed by atoms with Gasteiger partial charge in [-0.2, -0.15) is 0 Å². The van der Waals surface area contributed by atoms with E-state index in [1.807, 2.05) is 12.3 Å². The zero-order valence-electron chi connectivity index (χ0n) is 14.8. The second kappa shape index (κ2) is 7.60. The van der Waals surface area contributed by atoms with E-state index in [0.717, 1.165) is 42.8 Å². The average Bonchev–Trinajstić information content (AvgIpc) is 2.62. The van der Waals surface area contributed by atoms with E-state index in [0.29, 0.717) is 12.1 Å². The highest BCUT2D eigenvalue weighted by Crippen LogP contribution is 2.34. The SMILES string of the molecule is Fc1ccc(C2CCCC(Nc3ccc(NC4CCC4)nc3)C2)cc1F. The van der Waals surface area contributed by atoms with Gasteiger partial charge in [0.15, 0.2) is 11.6 Å². The van der Waals surface area contributed by atoms with Crippen molar-refractivity contribution in [1.82, 2.24) is 4.98 Å². The Bertz CT molecular complexity index is 743. The Balaban J connectivity index is 1.36. The van der Waals surface area contributed by atoms with Gasteiger partial charge in [0.05, 0.1) is 11.9 Å². The number of hydrogen-bond acceptors (Lipinski definition) is 3. The number of nitrogens with one attached hydrogen (secondary N) is 2. The average molecular weight is 357 g/mol. The highest BCUT2D eigenvalue weighted by Gasteiger charge is 2.24. The van der Waals surface area contributed by atoms with Crippen molar-refractivity contribution in [1.29, 1.82) is 0 Å². The molecule has 2 aliphatic carbocycles. The summed E-state index contributed by atoms with van der Waals surface area (Å²) in [7, 11) is 0. The van der Waals surface area contributed by atoms with Gasteiger partial charge in [-0.1, -0.05) is 12.5 Å². The van der Waals surface area contributed by atoms with E-state index < -0.39 is 11.6 Å². The highest BCUT2D eigenvalue weighted by atomic mass is 19.2. The molecule has 4 rings (SSSR count). The van der Waals surface area contributed by atoms with Crippen LogP contribution in [0.2, 0.25) is 0 Å². The fourth-order valence-electron chi connectivity index (χ4n) is 3.95. The third-order valence-electron chi connectivity index (χ3n) is 5.68. The molecule has 2 fully saturated rings. The van der Waals surface area contributed by atoms with Crippen molar-refractivity contribution in [3.05, 3.63) is 53.7 Å². The summed E-state index contributed by atoms with van der Waals surface area (Å²) in [4.78, 5) is 4.50. The molecule has 26 heavy (non-hydrogen) atoms. The van der Waals surface area contributed by atoms with Crippen molar-refractivity contribution in [2.24, 2.45) is 0 Å². The summed E-state index contributed by atoms with van der Waals surface area (Å²) < 4.78 is 26.7. The Morgan fingerprint density at radius 1 is 0.846 bits per heavy atom. The second-order valence-electron chi connectivity index (χ2n) is 7.58. The number of aromatic nitrogens is 1. The standard InChI is InChI=1S/C21H25F2N3/c22-19-9-7-15(12-20(19)23)14-3-1-6-17(11-14)25-18-8-10-21(24-13-18)26-16-4-2-5-16/h7-10,12-14,16-17,25H,1-6,11H2,(H,24,26). The first-order valence-corrected chi connectivity index (χ1v) is 9.61. The number of hydrogen-bond donors (Lipinski definition) is 2. The first-order chi connectivity index (χ1) is 12.7. The van der Waals surface area contributed by atoms with Gasteiger partial charge >= 0.3 is 0 Å². The van der Waals surface area contributed by atoms with Gasteiger partial charge in [-0.25, -0.2) is 13.8 Å². The van der Waals surface area contributed by atoms with Gasteiger partial charge in [0.2, 0.25) is 0 Å². The zero-order chi connectivity index (χ0) is 17.9. The van der Waals surface area contributed by atoms with Gasteiger partial charge in [-0.05, 0) is 74.3 Å². The lowest BCUT2D eigenvalue weighted by Crippen LogP contribution is -2.28. The molecule has 5 heteroatoms. The van der Waals surface area contributed by atoms with E-state index in [2.05, 4.69) is 21.7 Å². The lowest BCUT2D eigenvalue weighted by atomic mass is 9.81. The van der Waals surface area contributed by atoms with Gasteiger partial charge < -0.3 is 10.6 Å². The fourth-order valence-corrected chi connectivity index (χ4v) is 3.95. The zero-order valence-corrected chi connectivity index (χ0v) is 14.8. The Hall–Kier alpha value is -2.17. The molecule has 2 saturated carbocycles. The molecule has 0 radical (unpaired) electrons. The number of nitrogens with zero attached hydrogens (tertiary/aromatic N) is 1. The molecular weight excluding hydrogens is 332 g/mol. The largest absolute Gasteiger partial charge is 0.381 e. The van der Waals surface area contributed by atoms with Crippen LogP contribution in [0.25, 0.3) is 0 Å². The molecule has 0 amide bonds. The number of rotatable bonds is 5. The van der Waals surface area contributed by atoms with Crippen LogP contribution in [0.5, 0.6) is 0 Å². The van der Waals surface area contributed by atoms with E-state index in [1.165, 1.54) is 31.4 Å². The molecule has 0 saturated heterocycles. The van der Waals surface area contributed by atoms with Gasteiger partial charge in [-0.15, -0.1) is 0 Å². The predicted molar refractivity (Wildman–Crippen MR) is 100 cm³/mol. The molecule has 2 aliphatic rings. The van der Waals surface area contributed by atoms with E-state index in [4.69, 9.17) is 0 Å². The highest BCUT2D eigenvalue weighted by molar-refractivity contribution is 5.48. The quantitative estimate of drug-likeness (QED) is 0.746. The topological polar surface area (TPSA) is 37.0 Å². The molecule has 138 valence electrons. The van der Waals surface area contributed by atoms with Crippen LogP contribution in [0.1, 0.15) is 56.4 Å². The van der Waals surface area contributed by atoms with Crippen molar-refractivity contribution in [3.63, 3.8) is 0 Å². The van der Waals surface area contributed by atoms with Crippen LogP contribution in [0.3, 0.4) is 0 Å². The molecule has 2 aromatic rings. The fraction of sp³-hybridized carbons (Fsp3) is 0.476. The van der Waals surface area contributed by atoms with Crippen molar-refractivity contribution in [2.45, 2.75) is 62.9 Å². The van der Waals surface area contributed by atoms with E-state index in [1.54, 1.807) is 6.07 Å². The number of anilines is 2. The summed E-state index contributed by atoms with van der Waals surface area (Å²) in [6.45, 7) is 0. The van der Waals surface area contributed by atoms with Gasteiger partial charge in [0.1, 0.15) is 5.82 Å². The third kappa shape index (κ3) is 3.97. The van der Waals surface area contributed by atoms with Gasteiger partial charge in [0, 0.05) is 12.1 Å². The van der Waals surface area contributed by atoms with Crippen LogP contribution in [0, 0.1) is 11.6 Å². The monoisotopic (exact) mass is 357 g/mol. The molecule has 2 atom stereocenters. The van der Waals surface area contributed by atoms with Crippen LogP contribution >= 0.6 is 0 Å². The molecule has 2 N–H and O–H groups in total. The molecule has 1 aromatic heterocycles. The maximum absolute atomic E-state index is 13.5. The van der Waals surface area contributed by atoms with Crippen molar-refractivity contribution >= 4 is 11.5 Å². The number of pyridine rings is 1. The minimum absolute atomic E-state index is 0.267. The molecule has 1 heterocycles. The first kappa shape index (κ1) is 17.3. The van der Waals surface area contributed by atoms with Crippen LogP contribution in [0.4, 0.5) is 20.3 Å². The molecule has 0 aliphatic heterocycles. The summed E-state index contributed by atoms with van der Waals surface area (Å²) >= 11 is 0. The predicted octanol–water partition coefficient (Wildman–Crippen LogP) is 5.46. The molecule has 3 nitrogen and oxygen atoms in total. The third-order valence-corrected chi connectivity index (χ3v) is 5.68. The molecule has 0 bridgehead atoms. The van der Waals surface area contributed by atoms with E-state index in [9.17, 15) is 8.78 Å². The normalized spacial score (nSPS) is 23.3. The van der Waals surface area contributed by atoms with Crippen LogP contribution < -0.4 is 10.6 Å². The molecule has 2 unspecified atom stereocenters. The minimum atomic E-state index is -0.777. The minimum Gasteiger partial charge on any atom is -0.381 e. The smallest absolute Gasteiger partial charge is 0.159 e. The summed E-state index contributed by atoms with van der Waals surface area (Å²) in [5.74, 6) is -0.329. The molecule has 1 aromatic carbocycles. The van der Waals surface area contributed by atoms with Crippen LogP contribution in [0.15, 0.2) is 36.5 Å². The maximum atomic E-state index is 13.5. The summed E-state index contributed by atoms with van der Waals surface area (Å²) in [5, 5.41) is 7.00. The van der Waals surface area contributed by atoms with Crippen molar-refractivity contribution in [3.8, 4) is 0 Å². The lowest BCUT2D eigenvalue weighted by Gasteiger charge is -2.31. The maximum Gasteiger partial charge on any atom is 0.159 e. The molecular formula is C21H25F2N3. The van der Waals surface area contributed by atoms with Gasteiger partial charge in [0.25, 0.3) is 0 Å². The molecule has 0 spiro atoms. The second-order valence-corrected chi connectivity index (χ2v) is 7.58. The Kier molecular flexibility index (Phi) is 5.05. The Labute approximate surface area is 153 Å². The summed E-state index contributed by atoms with van der Waals surface area (Å²) in [6.07, 6.45) is 9.75. The Morgan fingerprint density at radius 3 is 2.35 bits per heavy atom. The number of halogens is 2. The van der Waals surface area contributed by atoms with Gasteiger partial charge in [-0.3, -0.25) is 0 Å². The first-order valence-electron chi connectivity index (χ1n) is 9.61. The van der Waals surface area contributed by atoms with Crippen LogP contribution in [-0.2, 0) is 0 Å². The van der Waals surface area contributed by atoms with E-state index >= 15 is 0 Å². The Morgan fingerprint density at radius 2 is 1.65 bits per heavy atom. The lowest BCUT2D eigenvalue weighted by molar-refractivity contribution is 0.408.